The summed E-state index contributed by atoms with van der Waals surface area (Å²) in [6.07, 6.45) is 7.04. The Bertz CT molecular complexity index is 752. The summed E-state index contributed by atoms with van der Waals surface area (Å²) in [6, 6.07) is 0.320. The Morgan fingerprint density at radius 1 is 1.22 bits per heavy atom. The van der Waals surface area contributed by atoms with Gasteiger partial charge in [-0.3, -0.25) is 10.1 Å². The lowest BCUT2D eigenvalue weighted by molar-refractivity contribution is -0.383. The maximum Gasteiger partial charge on any atom is 0.353 e. The fourth-order valence-electron chi connectivity index (χ4n) is 6.05. The zero-order chi connectivity index (χ0) is 19.4. The molecule has 2 bridgehead atoms. The first kappa shape index (κ1) is 18.4. The monoisotopic (exact) mass is 373 g/mol. The summed E-state index contributed by atoms with van der Waals surface area (Å²) in [5.74, 6) is 1.56. The number of hydrogen-bond acceptors (Lipinski definition) is 6. The first-order valence-corrected chi connectivity index (χ1v) is 10.2. The zero-order valence-electron chi connectivity index (χ0n) is 16.9. The Morgan fingerprint density at radius 3 is 2.67 bits per heavy atom. The summed E-state index contributed by atoms with van der Waals surface area (Å²) in [6.45, 7) is 11.6. The van der Waals surface area contributed by atoms with Crippen molar-refractivity contribution in [3.05, 3.63) is 16.4 Å². The minimum atomic E-state index is -0.264. The molecule has 2 saturated heterocycles. The summed E-state index contributed by atoms with van der Waals surface area (Å²) in [4.78, 5) is 24.9. The van der Waals surface area contributed by atoms with Crippen LogP contribution in [0.15, 0.2) is 6.33 Å². The number of aromatic nitrogens is 2. The lowest BCUT2D eigenvalue weighted by Crippen LogP contribution is -2.37. The molecule has 3 unspecified atom stereocenters. The fourth-order valence-corrected chi connectivity index (χ4v) is 6.05. The maximum absolute atomic E-state index is 12.1. The normalized spacial score (nSPS) is 32.6. The van der Waals surface area contributed by atoms with E-state index < -0.39 is 0 Å². The van der Waals surface area contributed by atoms with Crippen LogP contribution in [0.2, 0.25) is 0 Å². The van der Waals surface area contributed by atoms with Gasteiger partial charge in [0.2, 0.25) is 11.6 Å². The molecule has 3 atom stereocenters. The van der Waals surface area contributed by atoms with E-state index >= 15 is 0 Å². The van der Waals surface area contributed by atoms with E-state index in [4.69, 9.17) is 0 Å². The molecule has 1 aliphatic carbocycles. The second-order valence-corrected chi connectivity index (χ2v) is 10.2. The van der Waals surface area contributed by atoms with Gasteiger partial charge in [-0.2, -0.15) is 0 Å². The van der Waals surface area contributed by atoms with Crippen LogP contribution in [0.4, 0.5) is 17.3 Å². The van der Waals surface area contributed by atoms with Gasteiger partial charge < -0.3 is 9.80 Å². The van der Waals surface area contributed by atoms with Crippen molar-refractivity contribution in [3.63, 3.8) is 0 Å². The largest absolute Gasteiger partial charge is 0.353 e. The lowest BCUT2D eigenvalue weighted by atomic mass is 9.65. The van der Waals surface area contributed by atoms with Gasteiger partial charge in [0, 0.05) is 25.7 Å². The van der Waals surface area contributed by atoms with Gasteiger partial charge in [-0.15, -0.1) is 0 Å². The lowest BCUT2D eigenvalue weighted by Gasteiger charge is -2.39. The highest BCUT2D eigenvalue weighted by Crippen LogP contribution is 2.54. The van der Waals surface area contributed by atoms with Gasteiger partial charge in [-0.25, -0.2) is 9.97 Å². The molecule has 3 fully saturated rings. The molecule has 7 nitrogen and oxygen atoms in total. The van der Waals surface area contributed by atoms with E-state index in [9.17, 15) is 10.1 Å². The minimum Gasteiger partial charge on any atom is -0.350 e. The molecule has 3 aliphatic rings. The summed E-state index contributed by atoms with van der Waals surface area (Å²) >= 11 is 0. The van der Waals surface area contributed by atoms with Gasteiger partial charge in [0.25, 0.3) is 0 Å². The van der Waals surface area contributed by atoms with E-state index in [1.165, 1.54) is 12.7 Å². The Hall–Kier alpha value is -1.92. The maximum atomic E-state index is 12.1. The Morgan fingerprint density at radius 2 is 1.96 bits per heavy atom. The van der Waals surface area contributed by atoms with Crippen LogP contribution in [-0.2, 0) is 0 Å². The van der Waals surface area contributed by atoms with Crippen LogP contribution in [0.25, 0.3) is 0 Å². The molecule has 1 aromatic heterocycles. The van der Waals surface area contributed by atoms with Crippen LogP contribution in [0.1, 0.15) is 59.8 Å². The first-order valence-electron chi connectivity index (χ1n) is 10.2. The second kappa shape index (κ2) is 6.31. The molecule has 148 valence electrons. The van der Waals surface area contributed by atoms with E-state index in [-0.39, 0.29) is 21.4 Å². The zero-order valence-corrected chi connectivity index (χ0v) is 16.9. The van der Waals surface area contributed by atoms with E-state index in [1.807, 2.05) is 0 Å². The molecule has 1 saturated carbocycles. The quantitative estimate of drug-likeness (QED) is 0.588. The fraction of sp³-hybridized carbons (Fsp3) is 0.800. The molecule has 4 rings (SSSR count). The molecule has 2 aliphatic heterocycles. The van der Waals surface area contributed by atoms with E-state index in [2.05, 4.69) is 47.5 Å². The van der Waals surface area contributed by atoms with Crippen molar-refractivity contribution >= 4 is 17.3 Å². The van der Waals surface area contributed by atoms with Gasteiger partial charge in [0.05, 0.1) is 4.92 Å². The molecule has 3 heterocycles. The highest BCUT2D eigenvalue weighted by molar-refractivity contribution is 5.72. The van der Waals surface area contributed by atoms with Crippen LogP contribution in [0.5, 0.6) is 0 Å². The molecule has 0 spiro atoms. The number of hydrogen-bond donors (Lipinski definition) is 0. The summed E-state index contributed by atoms with van der Waals surface area (Å²) in [5.41, 5.74) is 0.560. The number of piperidine rings is 1. The number of anilines is 2. The minimum absolute atomic E-state index is 0.0977. The van der Waals surface area contributed by atoms with Crippen molar-refractivity contribution in [1.29, 1.82) is 0 Å². The van der Waals surface area contributed by atoms with E-state index in [0.29, 0.717) is 23.6 Å². The second-order valence-electron chi connectivity index (χ2n) is 10.2. The molecule has 27 heavy (non-hydrogen) atoms. The molecule has 0 aromatic carbocycles. The standard InChI is InChI=1S/C20H31N5O2/c1-14-6-5-7-23(10-14)17-16(25(26)27)18(22-13-21-17)24-12-20(4)9-15(24)8-19(2,3)11-20/h13-15H,5-12H2,1-4H3. The smallest absolute Gasteiger partial charge is 0.350 e. The van der Waals surface area contributed by atoms with Crippen molar-refractivity contribution in [2.24, 2.45) is 16.7 Å². The topological polar surface area (TPSA) is 75.4 Å². The summed E-state index contributed by atoms with van der Waals surface area (Å²) in [7, 11) is 0. The third-order valence-corrected chi connectivity index (χ3v) is 6.61. The SMILES string of the molecule is CC1CCCN(c2ncnc(N3CC4(C)CC3CC(C)(C)C4)c2[N+](=O)[O-])C1. The summed E-state index contributed by atoms with van der Waals surface area (Å²) < 4.78 is 0. The Labute approximate surface area is 161 Å². The molecule has 0 radical (unpaired) electrons. The van der Waals surface area contributed by atoms with Gasteiger partial charge in [0.1, 0.15) is 6.33 Å². The number of fused-ring (bicyclic) bond motifs is 2. The van der Waals surface area contributed by atoms with Crippen molar-refractivity contribution in [3.8, 4) is 0 Å². The van der Waals surface area contributed by atoms with Crippen molar-refractivity contribution < 1.29 is 4.92 Å². The number of rotatable bonds is 3. The molecule has 0 amide bonds. The highest BCUT2D eigenvalue weighted by atomic mass is 16.6. The average Bonchev–Trinajstić information content (AvgIpc) is 2.82. The molecular weight excluding hydrogens is 342 g/mol. The predicted octanol–water partition coefficient (Wildman–Crippen LogP) is 4.03. The van der Waals surface area contributed by atoms with E-state index in [1.54, 1.807) is 0 Å². The number of nitro groups is 1. The summed E-state index contributed by atoms with van der Waals surface area (Å²) in [5, 5.41) is 12.1. The predicted molar refractivity (Wildman–Crippen MR) is 106 cm³/mol. The van der Waals surface area contributed by atoms with Crippen LogP contribution in [0.3, 0.4) is 0 Å². The molecule has 7 heteroatoms. The Balaban J connectivity index is 1.73. The third-order valence-electron chi connectivity index (χ3n) is 6.61. The Kier molecular flexibility index (Phi) is 4.31. The highest BCUT2D eigenvalue weighted by Gasteiger charge is 2.51. The van der Waals surface area contributed by atoms with Crippen molar-refractivity contribution in [2.75, 3.05) is 29.4 Å². The van der Waals surface area contributed by atoms with E-state index in [0.717, 1.165) is 45.3 Å². The van der Waals surface area contributed by atoms with Crippen molar-refractivity contribution in [2.45, 2.75) is 65.8 Å². The van der Waals surface area contributed by atoms with Crippen LogP contribution in [-0.4, -0.2) is 40.6 Å². The van der Waals surface area contributed by atoms with Gasteiger partial charge >= 0.3 is 5.69 Å². The molecule has 0 N–H and O–H groups in total. The van der Waals surface area contributed by atoms with Gasteiger partial charge in [0.15, 0.2) is 0 Å². The average molecular weight is 374 g/mol. The van der Waals surface area contributed by atoms with Crippen LogP contribution >= 0.6 is 0 Å². The van der Waals surface area contributed by atoms with Crippen molar-refractivity contribution in [1.82, 2.24) is 9.97 Å². The van der Waals surface area contributed by atoms with Crippen LogP contribution in [0, 0.1) is 26.9 Å². The first-order chi connectivity index (χ1) is 12.7. The molecular formula is C20H31N5O2. The van der Waals surface area contributed by atoms with Gasteiger partial charge in [-0.05, 0) is 48.9 Å². The molecule has 1 aromatic rings. The number of nitrogens with zero attached hydrogens (tertiary/aromatic N) is 5. The van der Waals surface area contributed by atoms with Crippen LogP contribution < -0.4 is 9.80 Å². The third kappa shape index (κ3) is 3.36. The van der Waals surface area contributed by atoms with Gasteiger partial charge in [-0.1, -0.05) is 27.7 Å².